The molecule has 0 saturated carbocycles. The van der Waals surface area contributed by atoms with Crippen molar-refractivity contribution in [2.45, 2.75) is 6.18 Å². The first-order valence-corrected chi connectivity index (χ1v) is 7.41. The summed E-state index contributed by atoms with van der Waals surface area (Å²) in [5, 5.41) is 0. The van der Waals surface area contributed by atoms with Crippen LogP contribution in [0, 0.1) is 0 Å². The number of ketones is 1. The quantitative estimate of drug-likeness (QED) is 0.446. The first-order valence-electron chi connectivity index (χ1n) is 7.41. The molecule has 0 spiro atoms. The Labute approximate surface area is 136 Å². The van der Waals surface area contributed by atoms with E-state index in [4.69, 9.17) is 0 Å². The van der Waals surface area contributed by atoms with E-state index in [1.165, 1.54) is 12.1 Å². The predicted octanol–water partition coefficient (Wildman–Crippen LogP) is 5.58. The van der Waals surface area contributed by atoms with Crippen LogP contribution < -0.4 is 0 Å². The fraction of sp³-hybridized carbons (Fsp3) is 0.0500. The summed E-state index contributed by atoms with van der Waals surface area (Å²) in [5.41, 5.74) is 3.43. The Kier molecular flexibility index (Phi) is 3.10. The number of benzene rings is 3. The molecule has 0 amide bonds. The normalized spacial score (nSPS) is 12.9. The topological polar surface area (TPSA) is 17.1 Å². The number of alkyl halides is 3. The van der Waals surface area contributed by atoms with E-state index in [2.05, 4.69) is 0 Å². The van der Waals surface area contributed by atoms with Crippen molar-refractivity contribution in [1.82, 2.24) is 0 Å². The van der Waals surface area contributed by atoms with Gasteiger partial charge in [-0.05, 0) is 34.4 Å². The summed E-state index contributed by atoms with van der Waals surface area (Å²) in [6.45, 7) is 0. The van der Waals surface area contributed by atoms with Crippen molar-refractivity contribution >= 4 is 5.78 Å². The third-order valence-electron chi connectivity index (χ3n) is 4.28. The second-order valence-electron chi connectivity index (χ2n) is 5.68. The second kappa shape index (κ2) is 5.06. The number of fused-ring (bicyclic) bond motifs is 3. The summed E-state index contributed by atoms with van der Waals surface area (Å²) in [4.78, 5) is 12.7. The van der Waals surface area contributed by atoms with Crippen molar-refractivity contribution in [2.75, 3.05) is 0 Å². The van der Waals surface area contributed by atoms with E-state index in [1.807, 2.05) is 24.3 Å². The Balaban J connectivity index is 1.87. The third-order valence-corrected chi connectivity index (χ3v) is 4.28. The Morgan fingerprint density at radius 3 is 1.88 bits per heavy atom. The molecule has 0 aliphatic heterocycles. The van der Waals surface area contributed by atoms with Crippen LogP contribution in [0.4, 0.5) is 13.2 Å². The Morgan fingerprint density at radius 1 is 0.625 bits per heavy atom. The van der Waals surface area contributed by atoms with Crippen molar-refractivity contribution in [3.8, 4) is 22.3 Å². The molecule has 4 heteroatoms. The van der Waals surface area contributed by atoms with Crippen molar-refractivity contribution in [3.05, 3.63) is 83.4 Å². The van der Waals surface area contributed by atoms with Crippen LogP contribution in [0.25, 0.3) is 22.3 Å². The molecule has 118 valence electrons. The van der Waals surface area contributed by atoms with E-state index >= 15 is 0 Å². The minimum Gasteiger partial charge on any atom is -0.289 e. The van der Waals surface area contributed by atoms with Gasteiger partial charge in [0.15, 0.2) is 5.78 Å². The van der Waals surface area contributed by atoms with Crippen LogP contribution in [0.5, 0.6) is 0 Å². The van der Waals surface area contributed by atoms with E-state index in [0.29, 0.717) is 22.3 Å². The average Bonchev–Trinajstić information content (AvgIpc) is 2.88. The fourth-order valence-corrected chi connectivity index (χ4v) is 3.15. The van der Waals surface area contributed by atoms with Crippen molar-refractivity contribution in [3.63, 3.8) is 0 Å². The molecular weight excluding hydrogens is 313 g/mol. The number of hydrogen-bond acceptors (Lipinski definition) is 1. The van der Waals surface area contributed by atoms with Gasteiger partial charge in [0.25, 0.3) is 0 Å². The van der Waals surface area contributed by atoms with Crippen molar-refractivity contribution in [1.29, 1.82) is 0 Å². The molecule has 1 aliphatic rings. The van der Waals surface area contributed by atoms with Crippen molar-refractivity contribution in [2.24, 2.45) is 0 Å². The zero-order chi connectivity index (χ0) is 16.9. The first kappa shape index (κ1) is 14.7. The van der Waals surface area contributed by atoms with Crippen LogP contribution >= 0.6 is 0 Å². The maximum absolute atomic E-state index is 12.7. The highest BCUT2D eigenvalue weighted by molar-refractivity contribution is 6.24. The zero-order valence-electron chi connectivity index (χ0n) is 12.4. The van der Waals surface area contributed by atoms with Gasteiger partial charge in [-0.1, -0.05) is 54.6 Å². The highest BCUT2D eigenvalue weighted by Gasteiger charge is 2.31. The smallest absolute Gasteiger partial charge is 0.289 e. The SMILES string of the molecule is O=C1c2ccccc2-c2cccc(-c3ccc(C(F)(F)F)cc3)c21. The summed E-state index contributed by atoms with van der Waals surface area (Å²) >= 11 is 0. The molecule has 0 aromatic heterocycles. The van der Waals surface area contributed by atoms with Gasteiger partial charge in [0.05, 0.1) is 5.56 Å². The molecule has 0 unspecified atom stereocenters. The molecule has 1 aliphatic carbocycles. The van der Waals surface area contributed by atoms with E-state index < -0.39 is 11.7 Å². The highest BCUT2D eigenvalue weighted by Crippen LogP contribution is 2.41. The van der Waals surface area contributed by atoms with Gasteiger partial charge in [-0.25, -0.2) is 0 Å². The molecule has 0 N–H and O–H groups in total. The zero-order valence-corrected chi connectivity index (χ0v) is 12.4. The maximum atomic E-state index is 12.7. The van der Waals surface area contributed by atoms with E-state index in [9.17, 15) is 18.0 Å². The van der Waals surface area contributed by atoms with Gasteiger partial charge >= 0.3 is 6.18 Å². The fourth-order valence-electron chi connectivity index (χ4n) is 3.15. The van der Waals surface area contributed by atoms with Gasteiger partial charge in [0, 0.05) is 11.1 Å². The van der Waals surface area contributed by atoms with E-state index in [-0.39, 0.29) is 5.78 Å². The van der Waals surface area contributed by atoms with E-state index in [0.717, 1.165) is 23.3 Å². The predicted molar refractivity (Wildman–Crippen MR) is 85.7 cm³/mol. The van der Waals surface area contributed by atoms with Gasteiger partial charge in [0.1, 0.15) is 0 Å². The third kappa shape index (κ3) is 2.14. The van der Waals surface area contributed by atoms with Crippen LogP contribution in [0.3, 0.4) is 0 Å². The number of carbonyl (C=O) groups excluding carboxylic acids is 1. The van der Waals surface area contributed by atoms with Gasteiger partial charge in [-0.15, -0.1) is 0 Å². The van der Waals surface area contributed by atoms with Crippen LogP contribution in [-0.4, -0.2) is 5.78 Å². The maximum Gasteiger partial charge on any atom is 0.416 e. The Morgan fingerprint density at radius 2 is 1.21 bits per heavy atom. The molecule has 0 radical (unpaired) electrons. The van der Waals surface area contributed by atoms with Crippen LogP contribution in [-0.2, 0) is 6.18 Å². The van der Waals surface area contributed by atoms with Crippen LogP contribution in [0.2, 0.25) is 0 Å². The molecule has 0 saturated heterocycles. The van der Waals surface area contributed by atoms with Crippen molar-refractivity contribution < 1.29 is 18.0 Å². The molecule has 0 fully saturated rings. The number of carbonyl (C=O) groups is 1. The van der Waals surface area contributed by atoms with E-state index in [1.54, 1.807) is 18.2 Å². The minimum absolute atomic E-state index is 0.0869. The molecule has 24 heavy (non-hydrogen) atoms. The Hall–Kier alpha value is -2.88. The standard InChI is InChI=1S/C20H11F3O/c21-20(22,23)13-10-8-12(9-11-13)14-6-3-7-16-15-4-1-2-5-17(15)19(24)18(14)16/h1-11H. The lowest BCUT2D eigenvalue weighted by Crippen LogP contribution is -2.04. The summed E-state index contributed by atoms with van der Waals surface area (Å²) in [7, 11) is 0. The highest BCUT2D eigenvalue weighted by atomic mass is 19.4. The number of hydrogen-bond donors (Lipinski definition) is 0. The molecule has 3 aromatic rings. The summed E-state index contributed by atoms with van der Waals surface area (Å²) in [5.74, 6) is -0.0869. The summed E-state index contributed by atoms with van der Waals surface area (Å²) < 4.78 is 38.2. The Bertz CT molecular complexity index is 953. The first-order chi connectivity index (χ1) is 11.5. The molecule has 0 heterocycles. The number of halogens is 3. The molecule has 3 aromatic carbocycles. The second-order valence-corrected chi connectivity index (χ2v) is 5.68. The van der Waals surface area contributed by atoms with Gasteiger partial charge < -0.3 is 0 Å². The van der Waals surface area contributed by atoms with Gasteiger partial charge in [-0.2, -0.15) is 13.2 Å². The minimum atomic E-state index is -4.37. The molecule has 4 rings (SSSR count). The summed E-state index contributed by atoms with van der Waals surface area (Å²) in [6, 6.07) is 17.7. The molecule has 0 atom stereocenters. The molecule has 0 bridgehead atoms. The van der Waals surface area contributed by atoms with Crippen LogP contribution in [0.15, 0.2) is 66.7 Å². The largest absolute Gasteiger partial charge is 0.416 e. The lowest BCUT2D eigenvalue weighted by molar-refractivity contribution is -0.137. The molecule has 1 nitrogen and oxygen atoms in total. The lowest BCUT2D eigenvalue weighted by atomic mass is 9.94. The van der Waals surface area contributed by atoms with Gasteiger partial charge in [0.2, 0.25) is 0 Å². The molecular formula is C20H11F3O. The van der Waals surface area contributed by atoms with Crippen LogP contribution in [0.1, 0.15) is 21.5 Å². The lowest BCUT2D eigenvalue weighted by Gasteiger charge is -2.10. The van der Waals surface area contributed by atoms with Gasteiger partial charge in [-0.3, -0.25) is 4.79 Å². The number of rotatable bonds is 1. The average molecular weight is 324 g/mol. The monoisotopic (exact) mass is 324 g/mol. The summed E-state index contributed by atoms with van der Waals surface area (Å²) in [6.07, 6.45) is -4.37.